The van der Waals surface area contributed by atoms with Crippen molar-refractivity contribution in [3.8, 4) is 0 Å². The lowest BCUT2D eigenvalue weighted by Crippen LogP contribution is -2.09. The van der Waals surface area contributed by atoms with Crippen LogP contribution in [0.15, 0.2) is 24.3 Å². The van der Waals surface area contributed by atoms with Crippen LogP contribution in [0.4, 0.5) is 10.1 Å². The first-order valence-corrected chi connectivity index (χ1v) is 6.98. The number of nitrogens with zero attached hydrogens (tertiary/aromatic N) is 2. The quantitative estimate of drug-likeness (QED) is 0.896. The second-order valence-electron chi connectivity index (χ2n) is 5.50. The van der Waals surface area contributed by atoms with Gasteiger partial charge in [-0.05, 0) is 52.3 Å². The fraction of sp³-hybridized carbons (Fsp3) is 0.438. The molecule has 1 unspecified atom stereocenters. The number of nitrogens with one attached hydrogen (secondary N) is 1. The van der Waals surface area contributed by atoms with Crippen LogP contribution in [0.5, 0.6) is 0 Å². The van der Waals surface area contributed by atoms with Gasteiger partial charge >= 0.3 is 0 Å². The molecule has 1 heterocycles. The molecule has 3 nitrogen and oxygen atoms in total. The summed E-state index contributed by atoms with van der Waals surface area (Å²) in [5, 5.41) is 8.05. The van der Waals surface area contributed by atoms with E-state index < -0.39 is 0 Å². The highest BCUT2D eigenvalue weighted by atomic mass is 19.1. The van der Waals surface area contributed by atoms with Gasteiger partial charge in [0, 0.05) is 12.1 Å². The lowest BCUT2D eigenvalue weighted by molar-refractivity contribution is 0.516. The van der Waals surface area contributed by atoms with E-state index in [1.807, 2.05) is 23.7 Å². The third kappa shape index (κ3) is 2.84. The zero-order chi connectivity index (χ0) is 14.9. The average molecular weight is 275 g/mol. The summed E-state index contributed by atoms with van der Waals surface area (Å²) in [4.78, 5) is 0. The van der Waals surface area contributed by atoms with Crippen molar-refractivity contribution in [2.75, 3.05) is 5.32 Å². The second-order valence-corrected chi connectivity index (χ2v) is 5.50. The Hall–Kier alpha value is -1.84. The molecule has 1 aromatic heterocycles. The molecule has 0 aliphatic rings. The summed E-state index contributed by atoms with van der Waals surface area (Å²) in [6.07, 6.45) is 0. The Morgan fingerprint density at radius 1 is 1.10 bits per heavy atom. The largest absolute Gasteiger partial charge is 0.376 e. The van der Waals surface area contributed by atoms with Crippen LogP contribution in [0.25, 0.3) is 0 Å². The number of anilines is 1. The Balaban J connectivity index is 2.23. The lowest BCUT2D eigenvalue weighted by Gasteiger charge is -2.16. The predicted molar refractivity (Wildman–Crippen MR) is 80.5 cm³/mol. The van der Waals surface area contributed by atoms with Crippen molar-refractivity contribution in [2.45, 2.75) is 46.7 Å². The monoisotopic (exact) mass is 275 g/mol. The number of benzene rings is 1. The Bertz CT molecular complexity index is 585. The number of hydrogen-bond acceptors (Lipinski definition) is 2. The fourth-order valence-corrected chi connectivity index (χ4v) is 2.43. The van der Waals surface area contributed by atoms with Gasteiger partial charge in [0.1, 0.15) is 5.82 Å². The molecule has 0 bridgehead atoms. The lowest BCUT2D eigenvalue weighted by atomic mass is 10.1. The zero-order valence-corrected chi connectivity index (χ0v) is 12.7. The van der Waals surface area contributed by atoms with Gasteiger partial charge in [0.05, 0.1) is 17.1 Å². The van der Waals surface area contributed by atoms with Gasteiger partial charge in [-0.15, -0.1) is 0 Å². The van der Waals surface area contributed by atoms with Crippen molar-refractivity contribution in [3.05, 3.63) is 47.0 Å². The van der Waals surface area contributed by atoms with Gasteiger partial charge < -0.3 is 5.32 Å². The highest BCUT2D eigenvalue weighted by Gasteiger charge is 2.15. The van der Waals surface area contributed by atoms with E-state index in [1.54, 1.807) is 0 Å². The van der Waals surface area contributed by atoms with Gasteiger partial charge in [-0.25, -0.2) is 4.39 Å². The number of aryl methyl sites for hydroxylation is 1. The molecular weight excluding hydrogens is 253 g/mol. The maximum atomic E-state index is 13.0. The van der Waals surface area contributed by atoms with E-state index in [4.69, 9.17) is 0 Å². The maximum Gasteiger partial charge on any atom is 0.123 e. The highest BCUT2D eigenvalue weighted by molar-refractivity contribution is 5.53. The first kappa shape index (κ1) is 14.6. The summed E-state index contributed by atoms with van der Waals surface area (Å²) in [7, 11) is 0. The Morgan fingerprint density at radius 3 is 2.20 bits per heavy atom. The Kier molecular flexibility index (Phi) is 4.12. The maximum absolute atomic E-state index is 13.0. The molecule has 0 saturated carbocycles. The standard InChI is InChI=1S/C16H22FN3/c1-10(2)20-13(5)16(12(4)19-20)18-11(3)14-6-8-15(17)9-7-14/h6-11,18H,1-5H3. The average Bonchev–Trinajstić information content (AvgIpc) is 2.67. The molecule has 4 heteroatoms. The van der Waals surface area contributed by atoms with E-state index in [2.05, 4.69) is 38.1 Å². The fourth-order valence-electron chi connectivity index (χ4n) is 2.43. The normalized spacial score (nSPS) is 12.8. The van der Waals surface area contributed by atoms with Gasteiger partial charge in [0.2, 0.25) is 0 Å². The van der Waals surface area contributed by atoms with E-state index in [1.165, 1.54) is 12.1 Å². The van der Waals surface area contributed by atoms with Gasteiger partial charge in [-0.2, -0.15) is 5.10 Å². The molecule has 0 aliphatic carbocycles. The third-order valence-electron chi connectivity index (χ3n) is 3.54. The van der Waals surface area contributed by atoms with Crippen LogP contribution in [0.2, 0.25) is 0 Å². The van der Waals surface area contributed by atoms with Crippen molar-refractivity contribution >= 4 is 5.69 Å². The topological polar surface area (TPSA) is 29.9 Å². The highest BCUT2D eigenvalue weighted by Crippen LogP contribution is 2.27. The molecule has 2 rings (SSSR count). The molecule has 1 atom stereocenters. The van der Waals surface area contributed by atoms with Crippen molar-refractivity contribution in [1.82, 2.24) is 9.78 Å². The van der Waals surface area contributed by atoms with Crippen LogP contribution in [-0.4, -0.2) is 9.78 Å². The summed E-state index contributed by atoms with van der Waals surface area (Å²) in [6, 6.07) is 7.05. The number of hydrogen-bond donors (Lipinski definition) is 1. The van der Waals surface area contributed by atoms with Gasteiger partial charge in [-0.1, -0.05) is 12.1 Å². The minimum atomic E-state index is -0.207. The van der Waals surface area contributed by atoms with Crippen molar-refractivity contribution in [1.29, 1.82) is 0 Å². The van der Waals surface area contributed by atoms with Crippen LogP contribution in [-0.2, 0) is 0 Å². The van der Waals surface area contributed by atoms with E-state index in [0.29, 0.717) is 6.04 Å². The van der Waals surface area contributed by atoms with Crippen LogP contribution >= 0.6 is 0 Å². The van der Waals surface area contributed by atoms with Crippen molar-refractivity contribution in [2.24, 2.45) is 0 Å². The summed E-state index contributed by atoms with van der Waals surface area (Å²) < 4.78 is 15.0. The smallest absolute Gasteiger partial charge is 0.123 e. The first-order chi connectivity index (χ1) is 9.40. The molecule has 0 aliphatic heterocycles. The third-order valence-corrected chi connectivity index (χ3v) is 3.54. The van der Waals surface area contributed by atoms with Crippen LogP contribution in [0.1, 0.15) is 49.8 Å². The van der Waals surface area contributed by atoms with Gasteiger partial charge in [0.15, 0.2) is 0 Å². The molecular formula is C16H22FN3. The molecule has 1 aromatic carbocycles. The molecule has 20 heavy (non-hydrogen) atoms. The summed E-state index contributed by atoms with van der Waals surface area (Å²) in [5.74, 6) is -0.207. The molecule has 0 radical (unpaired) electrons. The molecule has 1 N–H and O–H groups in total. The first-order valence-electron chi connectivity index (χ1n) is 6.98. The minimum absolute atomic E-state index is 0.109. The van der Waals surface area contributed by atoms with Crippen LogP contribution in [0.3, 0.4) is 0 Å². The minimum Gasteiger partial charge on any atom is -0.376 e. The molecule has 0 saturated heterocycles. The van der Waals surface area contributed by atoms with Crippen molar-refractivity contribution in [3.63, 3.8) is 0 Å². The molecule has 0 spiro atoms. The zero-order valence-electron chi connectivity index (χ0n) is 12.7. The summed E-state index contributed by atoms with van der Waals surface area (Å²) in [5.41, 5.74) is 4.25. The van der Waals surface area contributed by atoms with Gasteiger partial charge in [-0.3, -0.25) is 4.68 Å². The second kappa shape index (κ2) is 5.65. The predicted octanol–water partition coefficient (Wildman–Crippen LogP) is 4.39. The van der Waals surface area contributed by atoms with E-state index in [-0.39, 0.29) is 11.9 Å². The van der Waals surface area contributed by atoms with Crippen LogP contribution < -0.4 is 5.32 Å². The number of aromatic nitrogens is 2. The molecule has 2 aromatic rings. The van der Waals surface area contributed by atoms with Gasteiger partial charge in [0.25, 0.3) is 0 Å². The van der Waals surface area contributed by atoms with E-state index in [9.17, 15) is 4.39 Å². The summed E-state index contributed by atoms with van der Waals surface area (Å²) >= 11 is 0. The van der Waals surface area contributed by atoms with Crippen molar-refractivity contribution < 1.29 is 4.39 Å². The Morgan fingerprint density at radius 2 is 1.70 bits per heavy atom. The number of halogens is 1. The van der Waals surface area contributed by atoms with E-state index >= 15 is 0 Å². The SMILES string of the molecule is Cc1nn(C(C)C)c(C)c1NC(C)c1ccc(F)cc1. The number of rotatable bonds is 4. The van der Waals surface area contributed by atoms with Crippen LogP contribution in [0, 0.1) is 19.7 Å². The molecule has 0 amide bonds. The van der Waals surface area contributed by atoms with E-state index in [0.717, 1.165) is 22.6 Å². The summed E-state index contributed by atoms with van der Waals surface area (Å²) in [6.45, 7) is 10.4. The molecule has 108 valence electrons. The Labute approximate surface area is 119 Å². The molecule has 0 fully saturated rings.